The second-order valence-corrected chi connectivity index (χ2v) is 4.58. The fourth-order valence-electron chi connectivity index (χ4n) is 2.28. The van der Waals surface area contributed by atoms with Crippen molar-refractivity contribution in [3.8, 4) is 11.3 Å². The van der Waals surface area contributed by atoms with Gasteiger partial charge in [0.25, 0.3) is 0 Å². The van der Waals surface area contributed by atoms with E-state index in [2.05, 4.69) is 35.4 Å². The Kier molecular flexibility index (Phi) is 2.69. The summed E-state index contributed by atoms with van der Waals surface area (Å²) in [5.74, 6) is 1.68. The minimum atomic E-state index is 0.300. The molecule has 3 rings (SSSR count). The second-order valence-electron chi connectivity index (χ2n) is 4.58. The molecule has 17 heavy (non-hydrogen) atoms. The zero-order valence-corrected chi connectivity index (χ0v) is 9.94. The maximum atomic E-state index is 5.84. The molecule has 0 aliphatic carbocycles. The van der Waals surface area contributed by atoms with Crippen LogP contribution in [0.3, 0.4) is 0 Å². The van der Waals surface area contributed by atoms with E-state index in [4.69, 9.17) is 4.42 Å². The molecule has 0 bridgehead atoms. The van der Waals surface area contributed by atoms with Gasteiger partial charge >= 0.3 is 0 Å². The lowest BCUT2D eigenvalue weighted by atomic mass is 10.1. The molecular weight excluding hydrogens is 212 g/mol. The van der Waals surface area contributed by atoms with Crippen LogP contribution < -0.4 is 5.32 Å². The Morgan fingerprint density at radius 1 is 1.41 bits per heavy atom. The highest BCUT2D eigenvalue weighted by atomic mass is 16.4. The highest BCUT2D eigenvalue weighted by Gasteiger charge is 2.21. The average Bonchev–Trinajstić information content (AvgIpc) is 3.00. The van der Waals surface area contributed by atoms with E-state index < -0.39 is 0 Å². The molecule has 1 unspecified atom stereocenters. The molecule has 0 amide bonds. The van der Waals surface area contributed by atoms with Gasteiger partial charge in [-0.1, -0.05) is 23.8 Å². The van der Waals surface area contributed by atoms with E-state index in [1.807, 2.05) is 12.3 Å². The van der Waals surface area contributed by atoms with Gasteiger partial charge in [-0.15, -0.1) is 0 Å². The van der Waals surface area contributed by atoms with Crippen molar-refractivity contribution in [3.05, 3.63) is 41.9 Å². The third-order valence-electron chi connectivity index (χ3n) is 3.18. The summed E-state index contributed by atoms with van der Waals surface area (Å²) in [6.45, 7) is 3.14. The predicted molar refractivity (Wildman–Crippen MR) is 66.7 cm³/mol. The van der Waals surface area contributed by atoms with Gasteiger partial charge in [-0.05, 0) is 32.4 Å². The first-order valence-corrected chi connectivity index (χ1v) is 6.09. The standard InChI is InChI=1S/C14H16N2O/c1-10-4-2-5-11(8-10)13-9-16-14(17-13)12-6-3-7-15-12/h2,4-5,8-9,12,15H,3,6-7H2,1H3. The van der Waals surface area contributed by atoms with Gasteiger partial charge in [0.2, 0.25) is 5.89 Å². The Bertz CT molecular complexity index is 512. The molecule has 1 fully saturated rings. The lowest BCUT2D eigenvalue weighted by molar-refractivity contribution is 0.437. The van der Waals surface area contributed by atoms with E-state index >= 15 is 0 Å². The molecule has 1 aliphatic heterocycles. The number of nitrogens with one attached hydrogen (secondary N) is 1. The Morgan fingerprint density at radius 3 is 3.12 bits per heavy atom. The minimum absolute atomic E-state index is 0.300. The van der Waals surface area contributed by atoms with Crippen molar-refractivity contribution in [2.45, 2.75) is 25.8 Å². The summed E-state index contributed by atoms with van der Waals surface area (Å²) in [6, 6.07) is 8.60. The van der Waals surface area contributed by atoms with Gasteiger partial charge in [-0.25, -0.2) is 4.98 Å². The van der Waals surface area contributed by atoms with Crippen molar-refractivity contribution in [2.75, 3.05) is 6.54 Å². The largest absolute Gasteiger partial charge is 0.439 e. The van der Waals surface area contributed by atoms with Crippen LogP contribution in [0.2, 0.25) is 0 Å². The maximum Gasteiger partial charge on any atom is 0.212 e. The Balaban J connectivity index is 1.89. The molecular formula is C14H16N2O. The van der Waals surface area contributed by atoms with Crippen molar-refractivity contribution < 1.29 is 4.42 Å². The molecule has 1 aliphatic rings. The smallest absolute Gasteiger partial charge is 0.212 e. The fraction of sp³-hybridized carbons (Fsp3) is 0.357. The molecule has 1 N–H and O–H groups in total. The van der Waals surface area contributed by atoms with Crippen molar-refractivity contribution >= 4 is 0 Å². The van der Waals surface area contributed by atoms with Gasteiger partial charge in [0.1, 0.15) is 0 Å². The summed E-state index contributed by atoms with van der Waals surface area (Å²) in [7, 11) is 0. The number of aromatic nitrogens is 1. The number of hydrogen-bond donors (Lipinski definition) is 1. The molecule has 0 radical (unpaired) electrons. The van der Waals surface area contributed by atoms with Crippen LogP contribution in [0.25, 0.3) is 11.3 Å². The lowest BCUT2D eigenvalue weighted by Gasteiger charge is -2.03. The van der Waals surface area contributed by atoms with Gasteiger partial charge in [-0.3, -0.25) is 0 Å². The second kappa shape index (κ2) is 4.34. The summed E-state index contributed by atoms with van der Waals surface area (Å²) in [6.07, 6.45) is 4.14. The molecule has 1 saturated heterocycles. The van der Waals surface area contributed by atoms with Crippen LogP contribution in [0, 0.1) is 6.92 Å². The fourth-order valence-corrected chi connectivity index (χ4v) is 2.28. The van der Waals surface area contributed by atoms with E-state index in [0.29, 0.717) is 6.04 Å². The lowest BCUT2D eigenvalue weighted by Crippen LogP contribution is -2.12. The van der Waals surface area contributed by atoms with Crippen LogP contribution in [0.5, 0.6) is 0 Å². The normalized spacial score (nSPS) is 19.7. The number of aryl methyl sites for hydroxylation is 1. The quantitative estimate of drug-likeness (QED) is 0.858. The van der Waals surface area contributed by atoms with E-state index in [0.717, 1.165) is 30.2 Å². The molecule has 2 heterocycles. The highest BCUT2D eigenvalue weighted by molar-refractivity contribution is 5.57. The first kappa shape index (κ1) is 10.5. The van der Waals surface area contributed by atoms with Crippen LogP contribution in [-0.4, -0.2) is 11.5 Å². The van der Waals surface area contributed by atoms with E-state index in [1.54, 1.807) is 0 Å². The number of benzene rings is 1. The summed E-state index contributed by atoms with van der Waals surface area (Å²) < 4.78 is 5.84. The Labute approximate surface area is 101 Å². The average molecular weight is 228 g/mol. The van der Waals surface area contributed by atoms with Crippen molar-refractivity contribution in [2.24, 2.45) is 0 Å². The molecule has 3 heteroatoms. The first-order valence-electron chi connectivity index (χ1n) is 6.09. The topological polar surface area (TPSA) is 38.1 Å². The summed E-state index contributed by atoms with van der Waals surface area (Å²) in [5.41, 5.74) is 2.33. The number of hydrogen-bond acceptors (Lipinski definition) is 3. The number of rotatable bonds is 2. The van der Waals surface area contributed by atoms with Crippen LogP contribution in [0.4, 0.5) is 0 Å². The maximum absolute atomic E-state index is 5.84. The molecule has 2 aromatic rings. The first-order chi connectivity index (χ1) is 8.33. The Morgan fingerprint density at radius 2 is 2.35 bits per heavy atom. The van der Waals surface area contributed by atoms with E-state index in [1.165, 1.54) is 12.0 Å². The van der Waals surface area contributed by atoms with Gasteiger partial charge < -0.3 is 9.73 Å². The van der Waals surface area contributed by atoms with Gasteiger partial charge in [0, 0.05) is 5.56 Å². The van der Waals surface area contributed by atoms with Crippen molar-refractivity contribution in [1.29, 1.82) is 0 Å². The third kappa shape index (κ3) is 2.11. The van der Waals surface area contributed by atoms with E-state index in [9.17, 15) is 0 Å². The molecule has 1 atom stereocenters. The summed E-state index contributed by atoms with van der Waals surface area (Å²) in [5, 5.41) is 3.39. The number of nitrogens with zero attached hydrogens (tertiary/aromatic N) is 1. The van der Waals surface area contributed by atoms with Crippen LogP contribution in [0.15, 0.2) is 34.9 Å². The zero-order chi connectivity index (χ0) is 11.7. The van der Waals surface area contributed by atoms with Crippen LogP contribution >= 0.6 is 0 Å². The monoisotopic (exact) mass is 228 g/mol. The van der Waals surface area contributed by atoms with E-state index in [-0.39, 0.29) is 0 Å². The molecule has 0 spiro atoms. The zero-order valence-electron chi connectivity index (χ0n) is 9.94. The third-order valence-corrected chi connectivity index (χ3v) is 3.18. The molecule has 88 valence electrons. The molecule has 1 aromatic heterocycles. The van der Waals surface area contributed by atoms with Gasteiger partial charge in [0.05, 0.1) is 12.2 Å². The van der Waals surface area contributed by atoms with Crippen LogP contribution in [-0.2, 0) is 0 Å². The highest BCUT2D eigenvalue weighted by Crippen LogP contribution is 2.27. The van der Waals surface area contributed by atoms with Gasteiger partial charge in [0.15, 0.2) is 5.76 Å². The van der Waals surface area contributed by atoms with Crippen molar-refractivity contribution in [3.63, 3.8) is 0 Å². The SMILES string of the molecule is Cc1cccc(-c2cnc(C3CCCN3)o2)c1. The summed E-state index contributed by atoms with van der Waals surface area (Å²) in [4.78, 5) is 4.38. The number of oxazole rings is 1. The minimum Gasteiger partial charge on any atom is -0.439 e. The van der Waals surface area contributed by atoms with Crippen LogP contribution in [0.1, 0.15) is 30.3 Å². The van der Waals surface area contributed by atoms with Gasteiger partial charge in [-0.2, -0.15) is 0 Å². The molecule has 0 saturated carbocycles. The summed E-state index contributed by atoms with van der Waals surface area (Å²) >= 11 is 0. The molecule has 3 nitrogen and oxygen atoms in total. The molecule has 1 aromatic carbocycles. The Hall–Kier alpha value is -1.61. The van der Waals surface area contributed by atoms with Crippen molar-refractivity contribution in [1.82, 2.24) is 10.3 Å². The predicted octanol–water partition coefficient (Wildman–Crippen LogP) is 3.07.